The molecule has 1 saturated carbocycles. The average molecular weight is 210 g/mol. The van der Waals surface area contributed by atoms with Crippen molar-refractivity contribution in [2.24, 2.45) is 5.73 Å². The quantitative estimate of drug-likeness (QED) is 0.720. The number of likely N-dealkylation sites (tertiary alicyclic amines) is 1. The van der Waals surface area contributed by atoms with Gasteiger partial charge in [-0.05, 0) is 39.2 Å². The van der Waals surface area contributed by atoms with Crippen molar-refractivity contribution >= 4 is 0 Å². The molecule has 1 aliphatic carbocycles. The summed E-state index contributed by atoms with van der Waals surface area (Å²) in [5.74, 6) is 0. The summed E-state index contributed by atoms with van der Waals surface area (Å²) in [6, 6.07) is 1.90. The van der Waals surface area contributed by atoms with Crippen LogP contribution in [0.4, 0.5) is 0 Å². The molecule has 1 heterocycles. The van der Waals surface area contributed by atoms with Crippen molar-refractivity contribution in [1.29, 1.82) is 0 Å². The summed E-state index contributed by atoms with van der Waals surface area (Å²) >= 11 is 0. The summed E-state index contributed by atoms with van der Waals surface area (Å²) in [5.41, 5.74) is 6.28. The third-order valence-corrected chi connectivity index (χ3v) is 4.31. The molecule has 2 nitrogen and oxygen atoms in total. The van der Waals surface area contributed by atoms with E-state index in [0.717, 1.165) is 6.04 Å². The van der Waals surface area contributed by atoms with Crippen molar-refractivity contribution in [3.05, 3.63) is 0 Å². The first-order valence-corrected chi connectivity index (χ1v) is 6.80. The van der Waals surface area contributed by atoms with Gasteiger partial charge >= 0.3 is 0 Å². The standard InChI is InChI=1S/C13H26N2/c1-11-7-3-2-6-10-15(11)13-9-5-4-8-12(13)14/h11-13H,2-10,14H2,1H3. The molecule has 2 rings (SSSR count). The maximum absolute atomic E-state index is 6.28. The molecule has 1 saturated heterocycles. The maximum Gasteiger partial charge on any atom is 0.0250 e. The SMILES string of the molecule is CC1CCCCCN1C1CCCCC1N. The van der Waals surface area contributed by atoms with Gasteiger partial charge in [0, 0.05) is 18.1 Å². The Kier molecular flexibility index (Phi) is 4.04. The number of hydrogen-bond donors (Lipinski definition) is 1. The molecule has 15 heavy (non-hydrogen) atoms. The fraction of sp³-hybridized carbons (Fsp3) is 1.00. The van der Waals surface area contributed by atoms with Crippen LogP contribution in [0.15, 0.2) is 0 Å². The number of nitrogens with two attached hydrogens (primary N) is 1. The minimum Gasteiger partial charge on any atom is -0.326 e. The summed E-state index contributed by atoms with van der Waals surface area (Å²) in [6.45, 7) is 3.69. The van der Waals surface area contributed by atoms with Crippen LogP contribution in [0.5, 0.6) is 0 Å². The van der Waals surface area contributed by atoms with Gasteiger partial charge < -0.3 is 5.73 Å². The topological polar surface area (TPSA) is 29.3 Å². The Labute approximate surface area is 94.2 Å². The molecule has 2 N–H and O–H groups in total. The van der Waals surface area contributed by atoms with Crippen molar-refractivity contribution in [2.75, 3.05) is 6.54 Å². The molecule has 0 bridgehead atoms. The Hall–Kier alpha value is -0.0800. The summed E-state index contributed by atoms with van der Waals surface area (Å²) in [7, 11) is 0. The highest BCUT2D eigenvalue weighted by molar-refractivity contribution is 4.89. The molecule has 2 heteroatoms. The van der Waals surface area contributed by atoms with Gasteiger partial charge in [0.15, 0.2) is 0 Å². The lowest BCUT2D eigenvalue weighted by Gasteiger charge is -2.41. The van der Waals surface area contributed by atoms with Gasteiger partial charge in [0.2, 0.25) is 0 Å². The molecule has 0 aromatic rings. The van der Waals surface area contributed by atoms with E-state index in [1.807, 2.05) is 0 Å². The van der Waals surface area contributed by atoms with E-state index in [0.29, 0.717) is 12.1 Å². The van der Waals surface area contributed by atoms with Gasteiger partial charge in [0.1, 0.15) is 0 Å². The minimum atomic E-state index is 0.444. The van der Waals surface area contributed by atoms with Crippen LogP contribution in [0, 0.1) is 0 Å². The fourth-order valence-electron chi connectivity index (χ4n) is 3.34. The Balaban J connectivity index is 1.98. The van der Waals surface area contributed by atoms with Crippen LogP contribution in [0.25, 0.3) is 0 Å². The lowest BCUT2D eigenvalue weighted by molar-refractivity contribution is 0.100. The first-order chi connectivity index (χ1) is 7.29. The molecular formula is C13H26N2. The molecule has 1 aliphatic heterocycles. The van der Waals surface area contributed by atoms with Crippen LogP contribution in [0.3, 0.4) is 0 Å². The second-order valence-electron chi connectivity index (χ2n) is 5.45. The van der Waals surface area contributed by atoms with Crippen LogP contribution in [0.1, 0.15) is 58.3 Å². The van der Waals surface area contributed by atoms with Gasteiger partial charge in [-0.3, -0.25) is 4.90 Å². The van der Waals surface area contributed by atoms with Crippen molar-refractivity contribution < 1.29 is 0 Å². The van der Waals surface area contributed by atoms with E-state index < -0.39 is 0 Å². The van der Waals surface area contributed by atoms with E-state index in [1.165, 1.54) is 57.9 Å². The lowest BCUT2D eigenvalue weighted by atomic mass is 9.89. The monoisotopic (exact) mass is 210 g/mol. The Morgan fingerprint density at radius 3 is 2.47 bits per heavy atom. The predicted molar refractivity (Wildman–Crippen MR) is 64.9 cm³/mol. The molecule has 2 fully saturated rings. The number of rotatable bonds is 1. The Morgan fingerprint density at radius 1 is 0.933 bits per heavy atom. The zero-order valence-corrected chi connectivity index (χ0v) is 10.1. The average Bonchev–Trinajstić information content (AvgIpc) is 2.44. The summed E-state index contributed by atoms with van der Waals surface area (Å²) < 4.78 is 0. The first-order valence-electron chi connectivity index (χ1n) is 6.80. The Morgan fingerprint density at radius 2 is 1.67 bits per heavy atom. The van der Waals surface area contributed by atoms with E-state index in [4.69, 9.17) is 5.73 Å². The molecule has 88 valence electrons. The highest BCUT2D eigenvalue weighted by Gasteiger charge is 2.30. The molecule has 0 amide bonds. The van der Waals surface area contributed by atoms with Crippen molar-refractivity contribution in [2.45, 2.75) is 76.4 Å². The van der Waals surface area contributed by atoms with Crippen molar-refractivity contribution in [3.8, 4) is 0 Å². The first kappa shape index (κ1) is 11.4. The van der Waals surface area contributed by atoms with Gasteiger partial charge in [0.05, 0.1) is 0 Å². The molecule has 3 unspecified atom stereocenters. The third-order valence-electron chi connectivity index (χ3n) is 4.31. The van der Waals surface area contributed by atoms with Crippen LogP contribution in [0.2, 0.25) is 0 Å². The second-order valence-corrected chi connectivity index (χ2v) is 5.45. The van der Waals surface area contributed by atoms with Gasteiger partial charge in [-0.1, -0.05) is 25.7 Å². The predicted octanol–water partition coefficient (Wildman–Crippen LogP) is 2.52. The van der Waals surface area contributed by atoms with Gasteiger partial charge in [0.25, 0.3) is 0 Å². The van der Waals surface area contributed by atoms with Crippen LogP contribution in [-0.4, -0.2) is 29.6 Å². The van der Waals surface area contributed by atoms with Crippen LogP contribution in [-0.2, 0) is 0 Å². The van der Waals surface area contributed by atoms with E-state index in [-0.39, 0.29) is 0 Å². The normalized spacial score (nSPS) is 40.0. The van der Waals surface area contributed by atoms with Crippen LogP contribution >= 0.6 is 0 Å². The third kappa shape index (κ3) is 2.73. The van der Waals surface area contributed by atoms with E-state index in [9.17, 15) is 0 Å². The second kappa shape index (κ2) is 5.31. The number of nitrogens with zero attached hydrogens (tertiary/aromatic N) is 1. The molecular weight excluding hydrogens is 184 g/mol. The smallest absolute Gasteiger partial charge is 0.0250 e. The highest BCUT2D eigenvalue weighted by atomic mass is 15.2. The molecule has 0 aromatic carbocycles. The zero-order chi connectivity index (χ0) is 10.7. The van der Waals surface area contributed by atoms with Crippen LogP contribution < -0.4 is 5.73 Å². The molecule has 0 spiro atoms. The van der Waals surface area contributed by atoms with E-state index >= 15 is 0 Å². The van der Waals surface area contributed by atoms with Gasteiger partial charge in [-0.25, -0.2) is 0 Å². The summed E-state index contributed by atoms with van der Waals surface area (Å²) in [6.07, 6.45) is 10.9. The Bertz CT molecular complexity index is 193. The molecule has 0 aromatic heterocycles. The highest BCUT2D eigenvalue weighted by Crippen LogP contribution is 2.27. The largest absolute Gasteiger partial charge is 0.326 e. The minimum absolute atomic E-state index is 0.444. The lowest BCUT2D eigenvalue weighted by Crippen LogP contribution is -2.52. The maximum atomic E-state index is 6.28. The summed E-state index contributed by atoms with van der Waals surface area (Å²) in [4.78, 5) is 2.72. The van der Waals surface area contributed by atoms with Gasteiger partial charge in [-0.15, -0.1) is 0 Å². The van der Waals surface area contributed by atoms with E-state index in [1.54, 1.807) is 0 Å². The summed E-state index contributed by atoms with van der Waals surface area (Å²) in [5, 5.41) is 0. The number of hydrogen-bond acceptors (Lipinski definition) is 2. The van der Waals surface area contributed by atoms with Crippen molar-refractivity contribution in [1.82, 2.24) is 4.90 Å². The fourth-order valence-corrected chi connectivity index (χ4v) is 3.34. The van der Waals surface area contributed by atoms with Gasteiger partial charge in [-0.2, -0.15) is 0 Å². The zero-order valence-electron chi connectivity index (χ0n) is 10.1. The van der Waals surface area contributed by atoms with E-state index in [2.05, 4.69) is 11.8 Å². The van der Waals surface area contributed by atoms with Crippen molar-refractivity contribution in [3.63, 3.8) is 0 Å². The molecule has 0 radical (unpaired) electrons. The molecule has 3 atom stereocenters. The molecule has 2 aliphatic rings.